The van der Waals surface area contributed by atoms with Crippen molar-refractivity contribution < 1.29 is 13.9 Å². The second-order valence-corrected chi connectivity index (χ2v) is 5.71. The maximum absolute atomic E-state index is 12.1. The highest BCUT2D eigenvalue weighted by atomic mass is 32.2. The molecule has 22 heavy (non-hydrogen) atoms. The van der Waals surface area contributed by atoms with Crippen LogP contribution in [0.15, 0.2) is 34.3 Å². The van der Waals surface area contributed by atoms with Crippen LogP contribution in [-0.2, 0) is 22.6 Å². The summed E-state index contributed by atoms with van der Waals surface area (Å²) in [5.74, 6) is 1.11. The van der Waals surface area contributed by atoms with Crippen LogP contribution in [0.25, 0.3) is 0 Å². The third-order valence-electron chi connectivity index (χ3n) is 3.05. The number of amides is 1. The van der Waals surface area contributed by atoms with Gasteiger partial charge in [0.2, 0.25) is 5.91 Å². The summed E-state index contributed by atoms with van der Waals surface area (Å²) in [5.41, 5.74) is 0. The van der Waals surface area contributed by atoms with E-state index < -0.39 is 0 Å². The van der Waals surface area contributed by atoms with Gasteiger partial charge in [-0.1, -0.05) is 11.8 Å². The van der Waals surface area contributed by atoms with E-state index in [1.165, 1.54) is 11.8 Å². The zero-order valence-corrected chi connectivity index (χ0v) is 13.6. The molecule has 2 heterocycles. The Labute approximate surface area is 133 Å². The van der Waals surface area contributed by atoms with Gasteiger partial charge >= 0.3 is 0 Å². The summed E-state index contributed by atoms with van der Waals surface area (Å²) in [6.07, 6.45) is 4.16. The van der Waals surface area contributed by atoms with Gasteiger partial charge in [0.15, 0.2) is 5.16 Å². The first-order valence-corrected chi connectivity index (χ1v) is 7.95. The molecule has 0 radical (unpaired) electrons. The monoisotopic (exact) mass is 324 g/mol. The molecule has 0 saturated carbocycles. The van der Waals surface area contributed by atoms with E-state index in [1.807, 2.05) is 16.7 Å². The van der Waals surface area contributed by atoms with Crippen LogP contribution < -0.4 is 0 Å². The zero-order valence-electron chi connectivity index (χ0n) is 12.8. The molecule has 0 bridgehead atoms. The molecular weight excluding hydrogens is 304 g/mol. The predicted molar refractivity (Wildman–Crippen MR) is 82.4 cm³/mol. The fraction of sp³-hybridized carbons (Fsp3) is 0.500. The Bertz CT molecular complexity index is 570. The molecule has 0 aliphatic rings. The number of ether oxygens (including phenoxy) is 1. The van der Waals surface area contributed by atoms with E-state index in [4.69, 9.17) is 9.15 Å². The molecule has 0 saturated heterocycles. The molecule has 2 rings (SSSR count). The summed E-state index contributed by atoms with van der Waals surface area (Å²) in [6, 6.07) is 3.66. The molecule has 8 heteroatoms. The predicted octanol–water partition coefficient (Wildman–Crippen LogP) is 1.66. The van der Waals surface area contributed by atoms with Gasteiger partial charge in [-0.05, 0) is 18.6 Å². The third-order valence-corrected chi connectivity index (χ3v) is 4.02. The number of nitrogens with zero attached hydrogens (tertiary/aromatic N) is 4. The first-order valence-electron chi connectivity index (χ1n) is 6.96. The minimum absolute atomic E-state index is 0.0211. The molecule has 2 aromatic heterocycles. The average Bonchev–Trinajstić information content (AvgIpc) is 3.16. The van der Waals surface area contributed by atoms with Crippen LogP contribution in [0, 0.1) is 0 Å². The van der Waals surface area contributed by atoms with Gasteiger partial charge in [0.25, 0.3) is 0 Å². The number of furan rings is 1. The molecule has 7 nitrogen and oxygen atoms in total. The van der Waals surface area contributed by atoms with Crippen molar-refractivity contribution in [3.8, 4) is 0 Å². The molecule has 0 spiro atoms. The Morgan fingerprint density at radius 1 is 1.55 bits per heavy atom. The van der Waals surface area contributed by atoms with Crippen molar-refractivity contribution in [2.24, 2.45) is 0 Å². The van der Waals surface area contributed by atoms with Crippen LogP contribution in [-0.4, -0.2) is 52.1 Å². The van der Waals surface area contributed by atoms with Gasteiger partial charge < -0.3 is 18.6 Å². The molecule has 0 aliphatic carbocycles. The normalized spacial score (nSPS) is 10.8. The van der Waals surface area contributed by atoms with E-state index in [0.717, 1.165) is 23.9 Å². The quantitative estimate of drug-likeness (QED) is 0.516. The Morgan fingerprint density at radius 2 is 2.41 bits per heavy atom. The Balaban J connectivity index is 1.79. The largest absolute Gasteiger partial charge is 0.467 e. The van der Waals surface area contributed by atoms with E-state index in [1.54, 1.807) is 31.6 Å². The van der Waals surface area contributed by atoms with Gasteiger partial charge in [-0.3, -0.25) is 4.79 Å². The van der Waals surface area contributed by atoms with Crippen molar-refractivity contribution in [3.05, 3.63) is 30.5 Å². The number of hydrogen-bond acceptors (Lipinski definition) is 6. The Hall–Kier alpha value is -1.80. The van der Waals surface area contributed by atoms with Crippen LogP contribution in [0.5, 0.6) is 0 Å². The smallest absolute Gasteiger partial charge is 0.233 e. The van der Waals surface area contributed by atoms with E-state index in [-0.39, 0.29) is 5.91 Å². The summed E-state index contributed by atoms with van der Waals surface area (Å²) in [4.78, 5) is 13.8. The first-order chi connectivity index (χ1) is 10.7. The number of thioether (sulfide) groups is 1. The summed E-state index contributed by atoms with van der Waals surface area (Å²) < 4.78 is 12.2. The van der Waals surface area contributed by atoms with Crippen LogP contribution in [0.4, 0.5) is 0 Å². The lowest BCUT2D eigenvalue weighted by Gasteiger charge is -2.15. The van der Waals surface area contributed by atoms with Gasteiger partial charge in [-0.25, -0.2) is 0 Å². The standard InChI is InChI=1S/C14H20N4O3S/c1-17(9-12-5-3-8-21-12)13(19)10-22-14-16-15-11-18(14)6-4-7-20-2/h3,5,8,11H,4,6-7,9-10H2,1-2H3. The molecule has 120 valence electrons. The molecule has 0 N–H and O–H groups in total. The number of methoxy groups -OCH3 is 1. The molecule has 0 unspecified atom stereocenters. The van der Waals surface area contributed by atoms with Crippen molar-refractivity contribution in [2.75, 3.05) is 26.5 Å². The Morgan fingerprint density at radius 3 is 3.14 bits per heavy atom. The summed E-state index contributed by atoms with van der Waals surface area (Å²) >= 11 is 1.39. The van der Waals surface area contributed by atoms with E-state index >= 15 is 0 Å². The fourth-order valence-electron chi connectivity index (χ4n) is 1.85. The van der Waals surface area contributed by atoms with Crippen molar-refractivity contribution in [2.45, 2.75) is 24.7 Å². The zero-order chi connectivity index (χ0) is 15.8. The fourth-order valence-corrected chi connectivity index (χ4v) is 2.73. The van der Waals surface area contributed by atoms with Gasteiger partial charge in [0.1, 0.15) is 12.1 Å². The summed E-state index contributed by atoms with van der Waals surface area (Å²) in [6.45, 7) is 1.93. The number of hydrogen-bond donors (Lipinski definition) is 0. The number of rotatable bonds is 9. The SMILES string of the molecule is COCCCn1cnnc1SCC(=O)N(C)Cc1ccco1. The van der Waals surface area contributed by atoms with E-state index in [2.05, 4.69) is 10.2 Å². The van der Waals surface area contributed by atoms with Crippen molar-refractivity contribution in [3.63, 3.8) is 0 Å². The minimum Gasteiger partial charge on any atom is -0.467 e. The van der Waals surface area contributed by atoms with Gasteiger partial charge in [-0.2, -0.15) is 0 Å². The lowest BCUT2D eigenvalue weighted by atomic mass is 10.4. The third kappa shape index (κ3) is 4.88. The highest BCUT2D eigenvalue weighted by Gasteiger charge is 2.13. The van der Waals surface area contributed by atoms with Crippen molar-refractivity contribution >= 4 is 17.7 Å². The average molecular weight is 324 g/mol. The summed E-state index contributed by atoms with van der Waals surface area (Å²) in [7, 11) is 3.43. The first kappa shape index (κ1) is 16.6. The van der Waals surface area contributed by atoms with Crippen LogP contribution in [0.1, 0.15) is 12.2 Å². The maximum Gasteiger partial charge on any atom is 0.233 e. The summed E-state index contributed by atoms with van der Waals surface area (Å²) in [5, 5.41) is 8.69. The highest BCUT2D eigenvalue weighted by Crippen LogP contribution is 2.16. The van der Waals surface area contributed by atoms with Crippen LogP contribution in [0.2, 0.25) is 0 Å². The van der Waals surface area contributed by atoms with Crippen molar-refractivity contribution in [1.29, 1.82) is 0 Å². The van der Waals surface area contributed by atoms with Gasteiger partial charge in [0, 0.05) is 27.3 Å². The van der Waals surface area contributed by atoms with E-state index in [0.29, 0.717) is 18.9 Å². The minimum atomic E-state index is 0.0211. The van der Waals surface area contributed by atoms with Crippen LogP contribution >= 0.6 is 11.8 Å². The molecule has 0 fully saturated rings. The van der Waals surface area contributed by atoms with Gasteiger partial charge in [-0.15, -0.1) is 10.2 Å². The van der Waals surface area contributed by atoms with Gasteiger partial charge in [0.05, 0.1) is 18.6 Å². The number of carbonyl (C=O) groups excluding carboxylic acids is 1. The highest BCUT2D eigenvalue weighted by molar-refractivity contribution is 7.99. The molecular formula is C14H20N4O3S. The molecule has 1 amide bonds. The number of aromatic nitrogens is 3. The number of aryl methyl sites for hydroxylation is 1. The van der Waals surface area contributed by atoms with Crippen molar-refractivity contribution in [1.82, 2.24) is 19.7 Å². The molecule has 2 aromatic rings. The lowest BCUT2D eigenvalue weighted by Crippen LogP contribution is -2.27. The molecule has 0 atom stereocenters. The lowest BCUT2D eigenvalue weighted by molar-refractivity contribution is -0.127. The Kier molecular flexibility index (Phi) is 6.47. The molecule has 0 aliphatic heterocycles. The van der Waals surface area contributed by atoms with Crippen LogP contribution in [0.3, 0.4) is 0 Å². The molecule has 0 aromatic carbocycles. The van der Waals surface area contributed by atoms with E-state index in [9.17, 15) is 4.79 Å². The second-order valence-electron chi connectivity index (χ2n) is 4.77. The maximum atomic E-state index is 12.1. The second kappa shape index (κ2) is 8.60. The number of carbonyl (C=O) groups is 1. The topological polar surface area (TPSA) is 73.4 Å².